The molecule has 13 heteroatoms. The van der Waals surface area contributed by atoms with E-state index in [1.807, 2.05) is 0 Å². The zero-order valence-corrected chi connectivity index (χ0v) is 20.0. The first-order valence-electron chi connectivity index (χ1n) is 10.7. The number of hydrazine groups is 1. The Hall–Kier alpha value is -4.23. The summed E-state index contributed by atoms with van der Waals surface area (Å²) in [6.07, 6.45) is 2.43. The third-order valence-corrected chi connectivity index (χ3v) is 6.30. The molecule has 37 heavy (non-hydrogen) atoms. The lowest BCUT2D eigenvalue weighted by molar-refractivity contribution is -0.142. The van der Waals surface area contributed by atoms with Crippen LogP contribution in [0.15, 0.2) is 78.0 Å². The highest BCUT2D eigenvalue weighted by Crippen LogP contribution is 2.33. The van der Waals surface area contributed by atoms with Crippen LogP contribution in [-0.2, 0) is 14.6 Å². The van der Waals surface area contributed by atoms with Crippen molar-refractivity contribution in [1.82, 2.24) is 15.4 Å². The van der Waals surface area contributed by atoms with E-state index in [1.54, 1.807) is 30.3 Å². The van der Waals surface area contributed by atoms with E-state index in [0.717, 1.165) is 23.4 Å². The number of carbonyl (C=O) groups is 1. The van der Waals surface area contributed by atoms with Crippen LogP contribution in [0.5, 0.6) is 0 Å². The van der Waals surface area contributed by atoms with Crippen LogP contribution in [0.25, 0.3) is 17.2 Å². The Morgan fingerprint density at radius 2 is 1.95 bits per heavy atom. The minimum Gasteiger partial charge on any atom is -0.478 e. The summed E-state index contributed by atoms with van der Waals surface area (Å²) in [7, 11) is -3.47. The van der Waals surface area contributed by atoms with Gasteiger partial charge < -0.3 is 10.4 Å². The highest BCUT2D eigenvalue weighted by molar-refractivity contribution is 7.90. The number of alkyl halides is 3. The molecule has 2 heterocycles. The zero-order chi connectivity index (χ0) is 26.8. The van der Waals surface area contributed by atoms with Crippen LogP contribution in [0.1, 0.15) is 5.56 Å². The van der Waals surface area contributed by atoms with Gasteiger partial charge in [0.25, 0.3) is 0 Å². The lowest BCUT2D eigenvalue weighted by Gasteiger charge is -2.23. The molecule has 3 N–H and O–H groups in total. The highest BCUT2D eigenvalue weighted by Gasteiger charge is 2.41. The fourth-order valence-corrected chi connectivity index (χ4v) is 4.12. The molecule has 0 fully saturated rings. The Bertz CT molecular complexity index is 1510. The Labute approximate surface area is 209 Å². The van der Waals surface area contributed by atoms with Crippen molar-refractivity contribution in [1.29, 1.82) is 0 Å². The van der Waals surface area contributed by atoms with Gasteiger partial charge in [0.05, 0.1) is 4.90 Å². The van der Waals surface area contributed by atoms with Crippen LogP contribution in [0, 0.1) is 0 Å². The lowest BCUT2D eigenvalue weighted by atomic mass is 10.0. The van der Waals surface area contributed by atoms with Gasteiger partial charge in [-0.1, -0.05) is 24.3 Å². The van der Waals surface area contributed by atoms with Gasteiger partial charge in [0.1, 0.15) is 6.04 Å². The predicted molar refractivity (Wildman–Crippen MR) is 132 cm³/mol. The first-order valence-corrected chi connectivity index (χ1v) is 12.6. The second kappa shape index (κ2) is 10.0. The van der Waals surface area contributed by atoms with Gasteiger partial charge in [-0.2, -0.15) is 18.2 Å². The maximum Gasteiger partial charge on any atom is 0.409 e. The van der Waals surface area contributed by atoms with Gasteiger partial charge in [0.2, 0.25) is 5.95 Å². The number of aliphatic carboxylic acids is 1. The monoisotopic (exact) mass is 531 g/mol. The van der Waals surface area contributed by atoms with Crippen molar-refractivity contribution >= 4 is 39.3 Å². The van der Waals surface area contributed by atoms with E-state index in [2.05, 4.69) is 20.7 Å². The molecule has 0 amide bonds. The molecule has 0 spiro atoms. The minimum absolute atomic E-state index is 0.0111. The third-order valence-electron chi connectivity index (χ3n) is 5.19. The SMILES string of the molecule is CS(=O)(=O)c1cccc(Nc2ncc(-c3cccc(/C=C/C(=O)O)c3)c(N3C=CC(C(F)(F)F)N3)n2)c1. The van der Waals surface area contributed by atoms with E-state index in [4.69, 9.17) is 5.11 Å². The van der Waals surface area contributed by atoms with Crippen molar-refractivity contribution < 1.29 is 31.5 Å². The summed E-state index contributed by atoms with van der Waals surface area (Å²) in [4.78, 5) is 19.6. The molecule has 0 saturated heterocycles. The minimum atomic E-state index is -4.53. The fraction of sp³-hybridized carbons (Fsp3) is 0.125. The lowest BCUT2D eigenvalue weighted by Crippen LogP contribution is -2.44. The van der Waals surface area contributed by atoms with Gasteiger partial charge in [-0.3, -0.25) is 5.01 Å². The second-order valence-corrected chi connectivity index (χ2v) is 10.0. The predicted octanol–water partition coefficient (Wildman–Crippen LogP) is 4.16. The average Bonchev–Trinajstić information content (AvgIpc) is 3.34. The van der Waals surface area contributed by atoms with Gasteiger partial charge in [0, 0.05) is 36.0 Å². The molecular formula is C24H20F3N5O4S. The summed E-state index contributed by atoms with van der Waals surface area (Å²) in [6.45, 7) is 0. The number of nitrogens with one attached hydrogen (secondary N) is 2. The quantitative estimate of drug-likeness (QED) is 0.386. The topological polar surface area (TPSA) is 125 Å². The number of benzene rings is 2. The number of carboxylic acid groups (broad SMARTS) is 1. The molecule has 0 saturated carbocycles. The van der Waals surface area contributed by atoms with Crippen LogP contribution >= 0.6 is 0 Å². The maximum absolute atomic E-state index is 13.3. The molecular weight excluding hydrogens is 511 g/mol. The highest BCUT2D eigenvalue weighted by atomic mass is 32.2. The smallest absolute Gasteiger partial charge is 0.409 e. The summed E-state index contributed by atoms with van der Waals surface area (Å²) >= 11 is 0. The first-order chi connectivity index (χ1) is 17.4. The normalized spacial score (nSPS) is 15.9. The van der Waals surface area contributed by atoms with E-state index in [0.29, 0.717) is 22.4 Å². The van der Waals surface area contributed by atoms with Gasteiger partial charge in [-0.25, -0.2) is 23.6 Å². The summed E-state index contributed by atoms with van der Waals surface area (Å²) in [5, 5.41) is 12.9. The van der Waals surface area contributed by atoms with Gasteiger partial charge >= 0.3 is 12.1 Å². The molecule has 0 bridgehead atoms. The molecule has 4 rings (SSSR count). The van der Waals surface area contributed by atoms with Crippen molar-refractivity contribution in [3.05, 3.63) is 78.6 Å². The van der Waals surface area contributed by atoms with Crippen molar-refractivity contribution in [2.45, 2.75) is 17.1 Å². The summed E-state index contributed by atoms with van der Waals surface area (Å²) in [5.74, 6) is -1.04. The molecule has 1 atom stereocenters. The molecule has 1 aliphatic heterocycles. The van der Waals surface area contributed by atoms with Crippen LogP contribution in [0.3, 0.4) is 0 Å². The summed E-state index contributed by atoms with van der Waals surface area (Å²) in [5.41, 5.74) is 4.14. The number of carboxylic acids is 1. The number of hydrogen-bond donors (Lipinski definition) is 3. The number of halogens is 3. The van der Waals surface area contributed by atoms with E-state index in [9.17, 15) is 26.4 Å². The molecule has 9 nitrogen and oxygen atoms in total. The standard InChI is InChI=1S/C24H20F3N5O4S/c1-37(35,36)18-7-3-6-17(13-18)29-23-28-14-19(16-5-2-4-15(12-16)8-9-21(33)34)22(30-23)32-11-10-20(31-32)24(25,26)27/h2-14,20,31H,1H3,(H,33,34)(H,28,29,30)/b9-8+. The Morgan fingerprint density at radius 3 is 2.62 bits per heavy atom. The van der Waals surface area contributed by atoms with Crippen molar-refractivity contribution in [3.8, 4) is 11.1 Å². The second-order valence-electron chi connectivity index (χ2n) is 8.01. The van der Waals surface area contributed by atoms with E-state index in [-0.39, 0.29) is 16.7 Å². The molecule has 1 aromatic heterocycles. The van der Waals surface area contributed by atoms with Crippen molar-refractivity contribution in [2.75, 3.05) is 16.6 Å². The largest absolute Gasteiger partial charge is 0.478 e. The van der Waals surface area contributed by atoms with Crippen molar-refractivity contribution in [3.63, 3.8) is 0 Å². The molecule has 192 valence electrons. The van der Waals surface area contributed by atoms with Crippen LogP contribution < -0.4 is 15.8 Å². The van der Waals surface area contributed by atoms with Crippen LogP contribution in [0.2, 0.25) is 0 Å². The van der Waals surface area contributed by atoms with Gasteiger partial charge in [-0.05, 0) is 47.5 Å². The number of aromatic nitrogens is 2. The third kappa shape index (κ3) is 6.32. The van der Waals surface area contributed by atoms with Gasteiger partial charge in [-0.15, -0.1) is 0 Å². The van der Waals surface area contributed by atoms with E-state index in [1.165, 1.54) is 36.7 Å². The molecule has 1 unspecified atom stereocenters. The Balaban J connectivity index is 1.74. The number of hydrogen-bond acceptors (Lipinski definition) is 8. The number of rotatable bonds is 7. The number of anilines is 3. The number of sulfone groups is 1. The van der Waals surface area contributed by atoms with E-state index < -0.39 is 28.0 Å². The molecule has 1 aliphatic rings. The fourth-order valence-electron chi connectivity index (χ4n) is 3.45. The Morgan fingerprint density at radius 1 is 1.19 bits per heavy atom. The Kier molecular flexibility index (Phi) is 7.01. The molecule has 3 aromatic rings. The average molecular weight is 532 g/mol. The maximum atomic E-state index is 13.3. The van der Waals surface area contributed by atoms with Crippen molar-refractivity contribution in [2.24, 2.45) is 0 Å². The molecule has 0 aliphatic carbocycles. The van der Waals surface area contributed by atoms with Gasteiger partial charge in [0.15, 0.2) is 15.7 Å². The molecule has 2 aromatic carbocycles. The summed E-state index contributed by atoms with van der Waals surface area (Å²) in [6, 6.07) is 10.7. The summed E-state index contributed by atoms with van der Waals surface area (Å²) < 4.78 is 63.6. The molecule has 0 radical (unpaired) electrons. The number of nitrogens with zero attached hydrogens (tertiary/aromatic N) is 3. The zero-order valence-electron chi connectivity index (χ0n) is 19.1. The van der Waals surface area contributed by atoms with Crippen LogP contribution in [0.4, 0.5) is 30.6 Å². The first kappa shape index (κ1) is 25.9. The van der Waals surface area contributed by atoms with Crippen LogP contribution in [-0.4, -0.2) is 47.9 Å². The van der Waals surface area contributed by atoms with E-state index >= 15 is 0 Å².